The van der Waals surface area contributed by atoms with Crippen molar-refractivity contribution in [2.45, 2.75) is 13.0 Å². The summed E-state index contributed by atoms with van der Waals surface area (Å²) in [6.45, 7) is 4.35. The number of likely N-dealkylation sites (N-methyl/N-ethyl adjacent to an activating group) is 2. The predicted molar refractivity (Wildman–Crippen MR) is 78.9 cm³/mol. The molecule has 2 heteroatoms. The molecule has 2 nitrogen and oxygen atoms in total. The van der Waals surface area contributed by atoms with E-state index in [4.69, 9.17) is 0 Å². The predicted octanol–water partition coefficient (Wildman–Crippen LogP) is 3.05. The second-order valence-corrected chi connectivity index (χ2v) is 4.87. The Bertz CT molecular complexity index is 507. The van der Waals surface area contributed by atoms with Gasteiger partial charge in [0.15, 0.2) is 0 Å². The molecular weight excluding hydrogens is 220 g/mol. The van der Waals surface area contributed by atoms with E-state index in [1.54, 1.807) is 0 Å². The number of rotatable bonds is 5. The SMILES string of the molecule is CNCCN(C)C(C)c1ccc2ccccc2c1. The van der Waals surface area contributed by atoms with Gasteiger partial charge in [-0.3, -0.25) is 4.90 Å². The molecule has 0 saturated heterocycles. The second-order valence-electron chi connectivity index (χ2n) is 4.87. The van der Waals surface area contributed by atoms with Gasteiger partial charge in [0.1, 0.15) is 0 Å². The van der Waals surface area contributed by atoms with Gasteiger partial charge in [0.05, 0.1) is 0 Å². The highest BCUT2D eigenvalue weighted by atomic mass is 15.1. The smallest absolute Gasteiger partial charge is 0.0317 e. The van der Waals surface area contributed by atoms with Crippen LogP contribution in [-0.4, -0.2) is 32.1 Å². The van der Waals surface area contributed by atoms with Gasteiger partial charge in [-0.2, -0.15) is 0 Å². The average Bonchev–Trinajstić information content (AvgIpc) is 2.43. The lowest BCUT2D eigenvalue weighted by Crippen LogP contribution is -2.29. The van der Waals surface area contributed by atoms with E-state index in [1.807, 2.05) is 7.05 Å². The third-order valence-corrected chi connectivity index (χ3v) is 3.63. The van der Waals surface area contributed by atoms with Crippen LogP contribution >= 0.6 is 0 Å². The summed E-state index contributed by atoms with van der Waals surface area (Å²) in [5, 5.41) is 5.83. The molecule has 0 radical (unpaired) electrons. The zero-order valence-electron chi connectivity index (χ0n) is 11.5. The van der Waals surface area contributed by atoms with Gasteiger partial charge in [0.25, 0.3) is 0 Å². The molecule has 1 atom stereocenters. The van der Waals surface area contributed by atoms with Crippen LogP contribution in [0.5, 0.6) is 0 Å². The summed E-state index contributed by atoms with van der Waals surface area (Å²) >= 11 is 0. The molecule has 0 aliphatic rings. The highest BCUT2D eigenvalue weighted by Crippen LogP contribution is 2.23. The van der Waals surface area contributed by atoms with Gasteiger partial charge >= 0.3 is 0 Å². The largest absolute Gasteiger partial charge is 0.318 e. The van der Waals surface area contributed by atoms with E-state index in [0.717, 1.165) is 13.1 Å². The summed E-state index contributed by atoms with van der Waals surface area (Å²) in [5.41, 5.74) is 1.38. The summed E-state index contributed by atoms with van der Waals surface area (Å²) in [5.74, 6) is 0. The van der Waals surface area contributed by atoms with Crippen LogP contribution in [0.4, 0.5) is 0 Å². The Balaban J connectivity index is 2.19. The number of nitrogens with zero attached hydrogens (tertiary/aromatic N) is 1. The molecule has 1 unspecified atom stereocenters. The van der Waals surface area contributed by atoms with Crippen LogP contribution in [-0.2, 0) is 0 Å². The van der Waals surface area contributed by atoms with Crippen molar-refractivity contribution in [2.75, 3.05) is 27.2 Å². The van der Waals surface area contributed by atoms with Crippen molar-refractivity contribution in [3.05, 3.63) is 48.0 Å². The first kappa shape index (κ1) is 13.1. The maximum Gasteiger partial charge on any atom is 0.0317 e. The van der Waals surface area contributed by atoms with E-state index in [2.05, 4.69) is 66.7 Å². The monoisotopic (exact) mass is 242 g/mol. The number of fused-ring (bicyclic) bond motifs is 1. The summed E-state index contributed by atoms with van der Waals surface area (Å²) in [4.78, 5) is 2.38. The number of benzene rings is 2. The van der Waals surface area contributed by atoms with Crippen LogP contribution in [0.2, 0.25) is 0 Å². The Morgan fingerprint density at radius 2 is 1.83 bits per heavy atom. The first-order valence-corrected chi connectivity index (χ1v) is 6.56. The van der Waals surface area contributed by atoms with Crippen molar-refractivity contribution < 1.29 is 0 Å². The Morgan fingerprint density at radius 3 is 2.56 bits per heavy atom. The number of hydrogen-bond acceptors (Lipinski definition) is 2. The van der Waals surface area contributed by atoms with Crippen molar-refractivity contribution in [3.8, 4) is 0 Å². The van der Waals surface area contributed by atoms with Gasteiger partial charge in [-0.1, -0.05) is 36.4 Å². The molecule has 0 aliphatic heterocycles. The van der Waals surface area contributed by atoms with E-state index in [1.165, 1.54) is 16.3 Å². The van der Waals surface area contributed by atoms with Crippen molar-refractivity contribution in [1.82, 2.24) is 10.2 Å². The van der Waals surface area contributed by atoms with Gasteiger partial charge in [-0.05, 0) is 43.4 Å². The fourth-order valence-corrected chi connectivity index (χ4v) is 2.20. The standard InChI is InChI=1S/C16H22N2/c1-13(18(3)11-10-17-2)15-9-8-14-6-4-5-7-16(14)12-15/h4-9,12-13,17H,10-11H2,1-3H3. The molecule has 0 bridgehead atoms. The summed E-state index contributed by atoms with van der Waals surface area (Å²) in [6, 6.07) is 15.7. The lowest BCUT2D eigenvalue weighted by molar-refractivity contribution is 0.263. The van der Waals surface area contributed by atoms with Crippen LogP contribution < -0.4 is 5.32 Å². The molecule has 0 fully saturated rings. The highest BCUT2D eigenvalue weighted by Gasteiger charge is 2.11. The first-order valence-electron chi connectivity index (χ1n) is 6.56. The normalized spacial score (nSPS) is 13.1. The molecule has 0 aromatic heterocycles. The van der Waals surface area contributed by atoms with E-state index in [9.17, 15) is 0 Å². The lowest BCUT2D eigenvalue weighted by atomic mass is 10.0. The van der Waals surface area contributed by atoms with E-state index >= 15 is 0 Å². The number of hydrogen-bond donors (Lipinski definition) is 1. The van der Waals surface area contributed by atoms with Gasteiger partial charge in [-0.25, -0.2) is 0 Å². The van der Waals surface area contributed by atoms with Crippen molar-refractivity contribution in [2.24, 2.45) is 0 Å². The van der Waals surface area contributed by atoms with Gasteiger partial charge in [-0.15, -0.1) is 0 Å². The van der Waals surface area contributed by atoms with Gasteiger partial charge < -0.3 is 5.32 Å². The molecule has 18 heavy (non-hydrogen) atoms. The van der Waals surface area contributed by atoms with E-state index in [-0.39, 0.29) is 0 Å². The maximum absolute atomic E-state index is 3.19. The Hall–Kier alpha value is -1.38. The van der Waals surface area contributed by atoms with Crippen molar-refractivity contribution in [3.63, 3.8) is 0 Å². The van der Waals surface area contributed by atoms with E-state index in [0.29, 0.717) is 6.04 Å². The molecule has 0 amide bonds. The first-order chi connectivity index (χ1) is 8.72. The molecule has 1 N–H and O–H groups in total. The minimum atomic E-state index is 0.447. The molecule has 0 spiro atoms. The summed E-state index contributed by atoms with van der Waals surface area (Å²) < 4.78 is 0. The molecule has 2 aromatic carbocycles. The van der Waals surface area contributed by atoms with Gasteiger partial charge in [0.2, 0.25) is 0 Å². The fraction of sp³-hybridized carbons (Fsp3) is 0.375. The van der Waals surface area contributed by atoms with Crippen LogP contribution in [0.15, 0.2) is 42.5 Å². The lowest BCUT2D eigenvalue weighted by Gasteiger charge is -2.25. The van der Waals surface area contributed by atoms with Crippen LogP contribution in [0, 0.1) is 0 Å². The maximum atomic E-state index is 3.19. The van der Waals surface area contributed by atoms with Crippen LogP contribution in [0.25, 0.3) is 10.8 Å². The minimum Gasteiger partial charge on any atom is -0.318 e. The van der Waals surface area contributed by atoms with E-state index < -0.39 is 0 Å². The number of nitrogens with one attached hydrogen (secondary N) is 1. The highest BCUT2D eigenvalue weighted by molar-refractivity contribution is 5.83. The third kappa shape index (κ3) is 2.89. The molecule has 96 valence electrons. The average molecular weight is 242 g/mol. The van der Waals surface area contributed by atoms with Crippen molar-refractivity contribution >= 4 is 10.8 Å². The topological polar surface area (TPSA) is 15.3 Å². The zero-order valence-corrected chi connectivity index (χ0v) is 11.5. The molecule has 0 saturated carbocycles. The van der Waals surface area contributed by atoms with Gasteiger partial charge in [0, 0.05) is 19.1 Å². The zero-order chi connectivity index (χ0) is 13.0. The molecule has 2 aromatic rings. The van der Waals surface area contributed by atoms with Crippen LogP contribution in [0.3, 0.4) is 0 Å². The van der Waals surface area contributed by atoms with Crippen molar-refractivity contribution in [1.29, 1.82) is 0 Å². The molecular formula is C16H22N2. The summed E-state index contributed by atoms with van der Waals surface area (Å²) in [6.07, 6.45) is 0. The Kier molecular flexibility index (Phi) is 4.34. The molecule has 0 heterocycles. The second kappa shape index (κ2) is 5.98. The minimum absolute atomic E-state index is 0.447. The Morgan fingerprint density at radius 1 is 1.11 bits per heavy atom. The summed E-state index contributed by atoms with van der Waals surface area (Å²) in [7, 11) is 4.17. The van der Waals surface area contributed by atoms with Crippen LogP contribution in [0.1, 0.15) is 18.5 Å². The molecule has 2 rings (SSSR count). The fourth-order valence-electron chi connectivity index (χ4n) is 2.20. The molecule has 0 aliphatic carbocycles. The quantitative estimate of drug-likeness (QED) is 0.867. The third-order valence-electron chi connectivity index (χ3n) is 3.63. The Labute approximate surface area is 110 Å².